The third-order valence-corrected chi connectivity index (χ3v) is 3.13. The van der Waals surface area contributed by atoms with Crippen molar-refractivity contribution in [3.8, 4) is 0 Å². The van der Waals surface area contributed by atoms with E-state index in [9.17, 15) is 4.79 Å². The van der Waals surface area contributed by atoms with Gasteiger partial charge in [0.25, 0.3) is 0 Å². The molecule has 0 unspecified atom stereocenters. The molecule has 98 valence electrons. The van der Waals surface area contributed by atoms with Crippen LogP contribution in [0.2, 0.25) is 0 Å². The van der Waals surface area contributed by atoms with Crippen molar-refractivity contribution < 1.29 is 4.79 Å². The van der Waals surface area contributed by atoms with E-state index in [-0.39, 0.29) is 5.91 Å². The Kier molecular flexibility index (Phi) is 4.50. The first-order valence-corrected chi connectivity index (χ1v) is 6.57. The number of rotatable bonds is 4. The lowest BCUT2D eigenvalue weighted by atomic mass is 10.1. The van der Waals surface area contributed by atoms with Crippen LogP contribution in [0.15, 0.2) is 12.3 Å². The predicted octanol–water partition coefficient (Wildman–Crippen LogP) is 1.60. The number of carbonyl (C=O) groups is 1. The second-order valence-electron chi connectivity index (χ2n) is 4.64. The van der Waals surface area contributed by atoms with Gasteiger partial charge >= 0.3 is 0 Å². The minimum atomic E-state index is 0.231. The van der Waals surface area contributed by atoms with Crippen molar-refractivity contribution in [2.75, 3.05) is 25.0 Å². The summed E-state index contributed by atoms with van der Waals surface area (Å²) >= 11 is 0. The van der Waals surface area contributed by atoms with Crippen LogP contribution in [0.3, 0.4) is 0 Å². The Morgan fingerprint density at radius 1 is 1.39 bits per heavy atom. The molecule has 2 rings (SSSR count). The standard InChI is InChI=1S/C13H20N4O/c1-11-5-7-14-13(16-11)15-8-6-12(18)17-9-3-2-4-10-17/h5,7H,2-4,6,8-10H2,1H3,(H,14,15,16). The van der Waals surface area contributed by atoms with Crippen LogP contribution in [0.1, 0.15) is 31.4 Å². The molecular weight excluding hydrogens is 228 g/mol. The van der Waals surface area contributed by atoms with Gasteiger partial charge in [0.05, 0.1) is 0 Å². The smallest absolute Gasteiger partial charge is 0.224 e. The number of amides is 1. The summed E-state index contributed by atoms with van der Waals surface area (Å²) in [4.78, 5) is 22.2. The number of piperidine rings is 1. The highest BCUT2D eigenvalue weighted by Crippen LogP contribution is 2.09. The molecule has 5 heteroatoms. The lowest BCUT2D eigenvalue weighted by Gasteiger charge is -2.26. The molecule has 0 atom stereocenters. The number of aryl methyl sites for hydroxylation is 1. The van der Waals surface area contributed by atoms with E-state index in [2.05, 4.69) is 15.3 Å². The summed E-state index contributed by atoms with van der Waals surface area (Å²) in [7, 11) is 0. The van der Waals surface area contributed by atoms with Gasteiger partial charge in [0.2, 0.25) is 11.9 Å². The van der Waals surface area contributed by atoms with E-state index in [1.165, 1.54) is 6.42 Å². The van der Waals surface area contributed by atoms with E-state index >= 15 is 0 Å². The van der Waals surface area contributed by atoms with Crippen molar-refractivity contribution in [3.63, 3.8) is 0 Å². The van der Waals surface area contributed by atoms with Gasteiger partial charge in [0.15, 0.2) is 0 Å². The topological polar surface area (TPSA) is 58.1 Å². The molecule has 18 heavy (non-hydrogen) atoms. The van der Waals surface area contributed by atoms with Crippen LogP contribution in [0, 0.1) is 6.92 Å². The van der Waals surface area contributed by atoms with Crippen molar-refractivity contribution in [1.82, 2.24) is 14.9 Å². The highest BCUT2D eigenvalue weighted by molar-refractivity contribution is 5.76. The fourth-order valence-corrected chi connectivity index (χ4v) is 2.12. The largest absolute Gasteiger partial charge is 0.354 e. The molecule has 0 bridgehead atoms. The molecule has 1 aliphatic heterocycles. The maximum absolute atomic E-state index is 11.9. The molecule has 1 aromatic rings. The van der Waals surface area contributed by atoms with Crippen LogP contribution in [0.5, 0.6) is 0 Å². The molecule has 0 saturated carbocycles. The Morgan fingerprint density at radius 3 is 2.89 bits per heavy atom. The second-order valence-corrected chi connectivity index (χ2v) is 4.64. The lowest BCUT2D eigenvalue weighted by molar-refractivity contribution is -0.131. The molecule has 0 radical (unpaired) electrons. The van der Waals surface area contributed by atoms with Crippen molar-refractivity contribution >= 4 is 11.9 Å². The Labute approximate surface area is 108 Å². The highest BCUT2D eigenvalue weighted by atomic mass is 16.2. The minimum Gasteiger partial charge on any atom is -0.354 e. The molecule has 1 saturated heterocycles. The summed E-state index contributed by atoms with van der Waals surface area (Å²) in [6.07, 6.45) is 5.76. The first kappa shape index (κ1) is 12.8. The van der Waals surface area contributed by atoms with E-state index in [1.807, 2.05) is 17.9 Å². The van der Waals surface area contributed by atoms with Crippen LogP contribution >= 0.6 is 0 Å². The SMILES string of the molecule is Cc1ccnc(NCCC(=O)N2CCCCC2)n1. The van der Waals surface area contributed by atoms with Gasteiger partial charge in [-0.25, -0.2) is 9.97 Å². The minimum absolute atomic E-state index is 0.231. The number of carbonyl (C=O) groups excluding carboxylic acids is 1. The zero-order valence-electron chi connectivity index (χ0n) is 10.9. The number of aromatic nitrogens is 2. The molecule has 0 aliphatic carbocycles. The van der Waals surface area contributed by atoms with Gasteiger partial charge in [-0.1, -0.05) is 0 Å². The predicted molar refractivity (Wildman–Crippen MR) is 70.3 cm³/mol. The summed E-state index contributed by atoms with van der Waals surface area (Å²) in [5.74, 6) is 0.830. The molecule has 1 fully saturated rings. The third-order valence-electron chi connectivity index (χ3n) is 3.13. The van der Waals surface area contributed by atoms with Crippen LogP contribution < -0.4 is 5.32 Å². The number of hydrogen-bond acceptors (Lipinski definition) is 4. The number of nitrogens with one attached hydrogen (secondary N) is 1. The molecule has 1 amide bonds. The molecule has 0 aromatic carbocycles. The molecule has 0 spiro atoms. The van der Waals surface area contributed by atoms with E-state index in [0.29, 0.717) is 18.9 Å². The van der Waals surface area contributed by atoms with Crippen LogP contribution in [-0.4, -0.2) is 40.4 Å². The zero-order valence-corrected chi connectivity index (χ0v) is 10.9. The maximum atomic E-state index is 11.9. The van der Waals surface area contributed by atoms with E-state index < -0.39 is 0 Å². The first-order chi connectivity index (χ1) is 8.75. The second kappa shape index (κ2) is 6.33. The van der Waals surface area contributed by atoms with Crippen LogP contribution in [0.4, 0.5) is 5.95 Å². The number of likely N-dealkylation sites (tertiary alicyclic amines) is 1. The average molecular weight is 248 g/mol. The fraction of sp³-hybridized carbons (Fsp3) is 0.615. The monoisotopic (exact) mass is 248 g/mol. The summed E-state index contributed by atoms with van der Waals surface area (Å²) < 4.78 is 0. The zero-order chi connectivity index (χ0) is 12.8. The molecule has 1 aromatic heterocycles. The molecular formula is C13H20N4O. The fourth-order valence-electron chi connectivity index (χ4n) is 2.12. The van der Waals surface area contributed by atoms with Crippen molar-refractivity contribution in [2.45, 2.75) is 32.6 Å². The molecule has 1 aliphatic rings. The first-order valence-electron chi connectivity index (χ1n) is 6.57. The number of nitrogens with zero attached hydrogens (tertiary/aromatic N) is 3. The van der Waals surface area contributed by atoms with Crippen molar-refractivity contribution in [1.29, 1.82) is 0 Å². The van der Waals surface area contributed by atoms with E-state index in [1.54, 1.807) is 6.20 Å². The Hall–Kier alpha value is -1.65. The van der Waals surface area contributed by atoms with E-state index in [0.717, 1.165) is 31.6 Å². The van der Waals surface area contributed by atoms with Gasteiger partial charge in [-0.2, -0.15) is 0 Å². The quantitative estimate of drug-likeness (QED) is 0.879. The summed E-state index contributed by atoms with van der Waals surface area (Å²) in [5, 5.41) is 3.09. The summed E-state index contributed by atoms with van der Waals surface area (Å²) in [5.41, 5.74) is 0.926. The van der Waals surface area contributed by atoms with E-state index in [4.69, 9.17) is 0 Å². The van der Waals surface area contributed by atoms with Crippen LogP contribution in [-0.2, 0) is 4.79 Å². The normalized spacial score (nSPS) is 15.5. The van der Waals surface area contributed by atoms with Crippen molar-refractivity contribution in [3.05, 3.63) is 18.0 Å². The molecule has 1 N–H and O–H groups in total. The van der Waals surface area contributed by atoms with Gasteiger partial charge in [0, 0.05) is 37.9 Å². The number of hydrogen-bond donors (Lipinski definition) is 1. The Morgan fingerprint density at radius 2 is 2.17 bits per heavy atom. The van der Waals surface area contributed by atoms with Crippen LogP contribution in [0.25, 0.3) is 0 Å². The molecule has 2 heterocycles. The van der Waals surface area contributed by atoms with Gasteiger partial charge in [-0.15, -0.1) is 0 Å². The van der Waals surface area contributed by atoms with Gasteiger partial charge < -0.3 is 10.2 Å². The lowest BCUT2D eigenvalue weighted by Crippen LogP contribution is -2.36. The summed E-state index contributed by atoms with van der Waals surface area (Å²) in [6, 6.07) is 1.85. The Bertz CT molecular complexity index is 402. The third kappa shape index (κ3) is 3.68. The highest BCUT2D eigenvalue weighted by Gasteiger charge is 2.15. The van der Waals surface area contributed by atoms with Gasteiger partial charge in [-0.3, -0.25) is 4.79 Å². The average Bonchev–Trinajstić information content (AvgIpc) is 2.40. The maximum Gasteiger partial charge on any atom is 0.224 e. The van der Waals surface area contributed by atoms with Gasteiger partial charge in [0.1, 0.15) is 0 Å². The molecule has 5 nitrogen and oxygen atoms in total. The Balaban J connectivity index is 1.73. The van der Waals surface area contributed by atoms with Gasteiger partial charge in [-0.05, 0) is 32.3 Å². The number of anilines is 1. The summed E-state index contributed by atoms with van der Waals surface area (Å²) in [6.45, 7) is 4.35. The van der Waals surface area contributed by atoms with Crippen molar-refractivity contribution in [2.24, 2.45) is 0 Å².